The predicted octanol–water partition coefficient (Wildman–Crippen LogP) is 5.26. The number of allylic oxidation sites excluding steroid dienone is 1. The summed E-state index contributed by atoms with van der Waals surface area (Å²) < 4.78 is 6.07. The van der Waals surface area contributed by atoms with E-state index in [1.807, 2.05) is 19.1 Å². The first-order valence-corrected chi connectivity index (χ1v) is 10.7. The van der Waals surface area contributed by atoms with Gasteiger partial charge >= 0.3 is 0 Å². The Hall–Kier alpha value is -2.59. The molecule has 4 rings (SSSR count). The van der Waals surface area contributed by atoms with Gasteiger partial charge in [0, 0.05) is 6.54 Å². The van der Waals surface area contributed by atoms with Crippen LogP contribution in [0.5, 0.6) is 11.5 Å². The number of rotatable bonds is 4. The lowest BCUT2D eigenvalue weighted by molar-refractivity contribution is 0.101. The molecular formula is C25H29NO3. The highest BCUT2D eigenvalue weighted by atomic mass is 16.5. The molecule has 0 radical (unpaired) electrons. The van der Waals surface area contributed by atoms with E-state index in [4.69, 9.17) is 4.74 Å². The molecule has 1 N–H and O–H groups in total. The second kappa shape index (κ2) is 8.42. The lowest BCUT2D eigenvalue weighted by atomic mass is 9.99. The third-order valence-corrected chi connectivity index (χ3v) is 5.99. The van der Waals surface area contributed by atoms with Crippen LogP contribution in [0.25, 0.3) is 6.08 Å². The third kappa shape index (κ3) is 4.08. The number of ketones is 1. The number of phenols is 1. The standard InChI is InChI=1S/C25H29NO3/c1-3-18-8-10-19(11-9-18)15-22-24(28)23-17(2)14-21(27)20(25(23)29-22)16-26-12-6-4-5-7-13-26/h8-11,14-15,27H,3-7,12-13,16H2,1-2H3/b22-15-. The molecule has 0 amide bonds. The van der Waals surface area contributed by atoms with Gasteiger partial charge in [-0.05, 0) is 68.1 Å². The molecule has 29 heavy (non-hydrogen) atoms. The second-order valence-corrected chi connectivity index (χ2v) is 8.12. The number of nitrogens with zero attached hydrogens (tertiary/aromatic N) is 1. The molecule has 0 atom stereocenters. The minimum Gasteiger partial charge on any atom is -0.507 e. The van der Waals surface area contributed by atoms with Crippen LogP contribution in [0.4, 0.5) is 0 Å². The predicted molar refractivity (Wildman–Crippen MR) is 115 cm³/mol. The Morgan fingerprint density at radius 2 is 1.79 bits per heavy atom. The number of fused-ring (bicyclic) bond motifs is 1. The molecule has 0 bridgehead atoms. The van der Waals surface area contributed by atoms with Gasteiger partial charge in [-0.1, -0.05) is 44.0 Å². The van der Waals surface area contributed by atoms with Gasteiger partial charge in [0.15, 0.2) is 5.76 Å². The van der Waals surface area contributed by atoms with Gasteiger partial charge in [-0.2, -0.15) is 0 Å². The molecule has 0 spiro atoms. The summed E-state index contributed by atoms with van der Waals surface area (Å²) in [6.07, 6.45) is 7.64. The summed E-state index contributed by atoms with van der Waals surface area (Å²) in [6.45, 7) is 6.62. The molecule has 1 saturated heterocycles. The first kappa shape index (κ1) is 19.7. The normalized spacial score (nSPS) is 18.6. The molecular weight excluding hydrogens is 362 g/mol. The van der Waals surface area contributed by atoms with Crippen molar-refractivity contribution in [3.63, 3.8) is 0 Å². The number of phenolic OH excluding ortho intramolecular Hbond substituents is 1. The zero-order chi connectivity index (χ0) is 20.4. The van der Waals surface area contributed by atoms with E-state index in [0.29, 0.717) is 23.6 Å². The first-order chi connectivity index (χ1) is 14.1. The van der Waals surface area contributed by atoms with E-state index < -0.39 is 0 Å². The Kier molecular flexibility index (Phi) is 5.72. The number of benzene rings is 2. The van der Waals surface area contributed by atoms with Crippen molar-refractivity contribution in [1.29, 1.82) is 0 Å². The third-order valence-electron chi connectivity index (χ3n) is 5.99. The van der Waals surface area contributed by atoms with Gasteiger partial charge in [-0.25, -0.2) is 0 Å². The maximum Gasteiger partial charge on any atom is 0.232 e. The SMILES string of the molecule is CCc1ccc(/C=C2\Oc3c(CN4CCCCCC4)c(O)cc(C)c3C2=O)cc1. The Morgan fingerprint density at radius 1 is 1.10 bits per heavy atom. The van der Waals surface area contributed by atoms with Crippen LogP contribution in [0.15, 0.2) is 36.1 Å². The van der Waals surface area contributed by atoms with Gasteiger partial charge in [0.2, 0.25) is 5.78 Å². The summed E-state index contributed by atoms with van der Waals surface area (Å²) in [5, 5.41) is 10.6. The molecule has 152 valence electrons. The molecule has 2 aliphatic rings. The van der Waals surface area contributed by atoms with Crippen molar-refractivity contribution in [3.8, 4) is 11.5 Å². The fraction of sp³-hybridized carbons (Fsp3) is 0.400. The molecule has 0 aliphatic carbocycles. The van der Waals surface area contributed by atoms with E-state index in [9.17, 15) is 9.90 Å². The molecule has 2 aromatic rings. The number of aromatic hydroxyl groups is 1. The largest absolute Gasteiger partial charge is 0.507 e. The van der Waals surface area contributed by atoms with Crippen LogP contribution in [0, 0.1) is 6.92 Å². The topological polar surface area (TPSA) is 49.8 Å². The molecule has 0 saturated carbocycles. The highest BCUT2D eigenvalue weighted by molar-refractivity contribution is 6.15. The molecule has 2 aromatic carbocycles. The van der Waals surface area contributed by atoms with E-state index in [2.05, 4.69) is 24.0 Å². The number of carbonyl (C=O) groups is 1. The number of likely N-dealkylation sites (tertiary alicyclic amines) is 1. The maximum atomic E-state index is 13.1. The molecule has 4 nitrogen and oxygen atoms in total. The van der Waals surface area contributed by atoms with E-state index in [1.165, 1.54) is 31.2 Å². The second-order valence-electron chi connectivity index (χ2n) is 8.12. The monoisotopic (exact) mass is 391 g/mol. The Labute approximate surface area is 172 Å². The number of aryl methyl sites for hydroxylation is 2. The zero-order valence-corrected chi connectivity index (χ0v) is 17.3. The van der Waals surface area contributed by atoms with Gasteiger partial charge < -0.3 is 9.84 Å². The van der Waals surface area contributed by atoms with Gasteiger partial charge in [0.05, 0.1) is 11.1 Å². The first-order valence-electron chi connectivity index (χ1n) is 10.7. The summed E-state index contributed by atoms with van der Waals surface area (Å²) in [5.74, 6) is 0.976. The van der Waals surface area contributed by atoms with Crippen LogP contribution < -0.4 is 4.74 Å². The molecule has 2 aliphatic heterocycles. The van der Waals surface area contributed by atoms with Crippen molar-refractivity contribution in [2.75, 3.05) is 13.1 Å². The Bertz CT molecular complexity index is 936. The number of hydrogen-bond acceptors (Lipinski definition) is 4. The van der Waals surface area contributed by atoms with Gasteiger partial charge in [0.1, 0.15) is 11.5 Å². The Morgan fingerprint density at radius 3 is 2.45 bits per heavy atom. The summed E-state index contributed by atoms with van der Waals surface area (Å²) in [4.78, 5) is 15.4. The van der Waals surface area contributed by atoms with Crippen LogP contribution in [-0.4, -0.2) is 28.9 Å². The smallest absolute Gasteiger partial charge is 0.232 e. The summed E-state index contributed by atoms with van der Waals surface area (Å²) in [7, 11) is 0. The van der Waals surface area contributed by atoms with Gasteiger partial charge in [0.25, 0.3) is 0 Å². The van der Waals surface area contributed by atoms with Crippen molar-refractivity contribution in [3.05, 3.63) is 63.9 Å². The van der Waals surface area contributed by atoms with Crippen molar-refractivity contribution >= 4 is 11.9 Å². The lowest BCUT2D eigenvalue weighted by Gasteiger charge is -2.22. The zero-order valence-electron chi connectivity index (χ0n) is 17.3. The minimum absolute atomic E-state index is 0.103. The fourth-order valence-corrected chi connectivity index (χ4v) is 4.25. The quantitative estimate of drug-likeness (QED) is 0.723. The van der Waals surface area contributed by atoms with E-state index in [1.54, 1.807) is 12.1 Å². The number of hydrogen-bond donors (Lipinski definition) is 1. The Balaban J connectivity index is 1.66. The van der Waals surface area contributed by atoms with Gasteiger partial charge in [-0.15, -0.1) is 0 Å². The van der Waals surface area contributed by atoms with E-state index in [-0.39, 0.29) is 11.5 Å². The maximum absolute atomic E-state index is 13.1. The molecule has 4 heteroatoms. The van der Waals surface area contributed by atoms with E-state index in [0.717, 1.165) is 36.2 Å². The molecule has 0 aromatic heterocycles. The summed E-state index contributed by atoms with van der Waals surface area (Å²) in [6, 6.07) is 9.86. The van der Waals surface area contributed by atoms with E-state index >= 15 is 0 Å². The summed E-state index contributed by atoms with van der Waals surface area (Å²) in [5.41, 5.74) is 4.27. The van der Waals surface area contributed by atoms with Crippen molar-refractivity contribution < 1.29 is 14.6 Å². The van der Waals surface area contributed by atoms with Crippen molar-refractivity contribution in [1.82, 2.24) is 4.90 Å². The van der Waals surface area contributed by atoms with Crippen LogP contribution in [0.2, 0.25) is 0 Å². The molecule has 0 unspecified atom stereocenters. The average molecular weight is 392 g/mol. The molecule has 2 heterocycles. The van der Waals surface area contributed by atoms with Crippen molar-refractivity contribution in [2.24, 2.45) is 0 Å². The number of carbonyl (C=O) groups excluding carboxylic acids is 1. The fourth-order valence-electron chi connectivity index (χ4n) is 4.25. The minimum atomic E-state index is -0.103. The summed E-state index contributed by atoms with van der Waals surface area (Å²) >= 11 is 0. The lowest BCUT2D eigenvalue weighted by Crippen LogP contribution is -2.24. The highest BCUT2D eigenvalue weighted by Crippen LogP contribution is 2.42. The molecule has 1 fully saturated rings. The van der Waals surface area contributed by atoms with Crippen LogP contribution in [0.1, 0.15) is 65.2 Å². The number of Topliss-reactive ketones (excluding diaryl/α,β-unsaturated/α-hetero) is 1. The average Bonchev–Trinajstić information content (AvgIpc) is 2.88. The van der Waals surface area contributed by atoms with Gasteiger partial charge in [-0.3, -0.25) is 9.69 Å². The van der Waals surface area contributed by atoms with Crippen molar-refractivity contribution in [2.45, 2.75) is 52.5 Å². The van der Waals surface area contributed by atoms with Crippen LogP contribution in [-0.2, 0) is 13.0 Å². The highest BCUT2D eigenvalue weighted by Gasteiger charge is 2.33. The number of ether oxygens (including phenoxy) is 1. The van der Waals surface area contributed by atoms with Crippen LogP contribution in [0.3, 0.4) is 0 Å². The van der Waals surface area contributed by atoms with Crippen LogP contribution >= 0.6 is 0 Å².